The number of rotatable bonds is 7. The van der Waals surface area contributed by atoms with Gasteiger partial charge in [-0.3, -0.25) is 9.98 Å². The van der Waals surface area contributed by atoms with Crippen LogP contribution in [0.15, 0.2) is 59.7 Å². The smallest absolute Gasteiger partial charge is 0.191 e. The predicted molar refractivity (Wildman–Crippen MR) is 140 cm³/mol. The second kappa shape index (κ2) is 11.9. The molecular weight excluding hydrogens is 515 g/mol. The largest absolute Gasteiger partial charge is 0.493 e. The van der Waals surface area contributed by atoms with E-state index in [0.29, 0.717) is 13.1 Å². The molecule has 2 N–H and O–H groups in total. The van der Waals surface area contributed by atoms with E-state index in [1.165, 1.54) is 18.4 Å². The fourth-order valence-electron chi connectivity index (χ4n) is 4.06. The highest BCUT2D eigenvalue weighted by atomic mass is 127. The first kappa shape index (κ1) is 24.1. The van der Waals surface area contributed by atoms with E-state index in [4.69, 9.17) is 9.47 Å². The third-order valence-electron chi connectivity index (χ3n) is 5.72. The summed E-state index contributed by atoms with van der Waals surface area (Å²) >= 11 is 0. The van der Waals surface area contributed by atoms with Gasteiger partial charge in [0.2, 0.25) is 0 Å². The minimum absolute atomic E-state index is 0. The van der Waals surface area contributed by atoms with Crippen LogP contribution in [0.5, 0.6) is 11.5 Å². The molecule has 1 fully saturated rings. The van der Waals surface area contributed by atoms with Crippen LogP contribution >= 0.6 is 24.0 Å². The lowest BCUT2D eigenvalue weighted by atomic mass is 10.1. The summed E-state index contributed by atoms with van der Waals surface area (Å²) in [6.07, 6.45) is 6.79. The molecule has 170 valence electrons. The average Bonchev–Trinajstić information content (AvgIpc) is 3.33. The molecule has 1 aliphatic rings. The van der Waals surface area contributed by atoms with Gasteiger partial charge in [-0.15, -0.1) is 24.0 Å². The number of aliphatic imine (C=N–C) groups is 1. The van der Waals surface area contributed by atoms with Gasteiger partial charge < -0.3 is 20.1 Å². The molecule has 1 aliphatic carbocycles. The van der Waals surface area contributed by atoms with Gasteiger partial charge in [-0.1, -0.05) is 30.3 Å². The summed E-state index contributed by atoms with van der Waals surface area (Å²) in [5, 5.41) is 7.96. The Morgan fingerprint density at radius 3 is 2.50 bits per heavy atom. The van der Waals surface area contributed by atoms with E-state index in [0.717, 1.165) is 46.8 Å². The van der Waals surface area contributed by atoms with Crippen molar-refractivity contribution in [3.05, 3.63) is 65.9 Å². The summed E-state index contributed by atoms with van der Waals surface area (Å²) < 4.78 is 11.9. The van der Waals surface area contributed by atoms with E-state index < -0.39 is 0 Å². The van der Waals surface area contributed by atoms with E-state index in [2.05, 4.69) is 32.7 Å². The predicted octanol–water partition coefficient (Wildman–Crippen LogP) is 5.05. The van der Waals surface area contributed by atoms with Gasteiger partial charge in [-0.05, 0) is 49.4 Å². The van der Waals surface area contributed by atoms with Crippen molar-refractivity contribution in [2.75, 3.05) is 14.2 Å². The summed E-state index contributed by atoms with van der Waals surface area (Å²) in [7, 11) is 3.47. The number of halogens is 1. The molecule has 0 aliphatic heterocycles. The van der Waals surface area contributed by atoms with Gasteiger partial charge in [0.15, 0.2) is 17.5 Å². The van der Waals surface area contributed by atoms with Crippen molar-refractivity contribution in [2.24, 2.45) is 4.99 Å². The minimum atomic E-state index is 0. The van der Waals surface area contributed by atoms with Crippen molar-refractivity contribution in [1.29, 1.82) is 0 Å². The number of nitrogens with zero attached hydrogens (tertiary/aromatic N) is 2. The molecule has 0 spiro atoms. The summed E-state index contributed by atoms with van der Waals surface area (Å²) in [6.45, 7) is 1.25. The highest BCUT2D eigenvalue weighted by molar-refractivity contribution is 14.0. The lowest BCUT2D eigenvalue weighted by Gasteiger charge is -2.20. The molecule has 2 aromatic carbocycles. The van der Waals surface area contributed by atoms with Crippen LogP contribution in [0.4, 0.5) is 0 Å². The standard InChI is InChI=1S/C25H30N4O2.HI/c1-26-25(28-16-18-14-15-27-22-12-6-5-11-21(18)22)29-17-19-8-7-13-23(30-2)24(19)31-20-9-3-4-10-20;/h5-8,11-15,20H,3-4,9-10,16-17H2,1-2H3,(H2,26,28,29);1H. The van der Waals surface area contributed by atoms with Gasteiger partial charge in [-0.25, -0.2) is 0 Å². The molecule has 1 aromatic heterocycles. The Hall–Kier alpha value is -2.55. The lowest BCUT2D eigenvalue weighted by Crippen LogP contribution is -2.36. The fourth-order valence-corrected chi connectivity index (χ4v) is 4.06. The van der Waals surface area contributed by atoms with Crippen LogP contribution in [-0.2, 0) is 13.1 Å². The quantitative estimate of drug-likeness (QED) is 0.247. The Bertz CT molecular complexity index is 1050. The molecule has 0 saturated heterocycles. The van der Waals surface area contributed by atoms with Gasteiger partial charge in [0.05, 0.1) is 18.7 Å². The number of hydrogen-bond acceptors (Lipinski definition) is 4. The normalized spacial score (nSPS) is 14.1. The number of fused-ring (bicyclic) bond motifs is 1. The van der Waals surface area contributed by atoms with Crippen molar-refractivity contribution in [1.82, 2.24) is 15.6 Å². The first-order valence-electron chi connectivity index (χ1n) is 10.9. The highest BCUT2D eigenvalue weighted by Gasteiger charge is 2.20. The van der Waals surface area contributed by atoms with E-state index in [1.54, 1.807) is 14.2 Å². The maximum absolute atomic E-state index is 6.34. The second-order valence-corrected chi connectivity index (χ2v) is 7.74. The number of para-hydroxylation sites is 2. The lowest BCUT2D eigenvalue weighted by molar-refractivity contribution is 0.198. The first-order chi connectivity index (χ1) is 15.3. The summed E-state index contributed by atoms with van der Waals surface area (Å²) in [6, 6.07) is 16.2. The van der Waals surface area contributed by atoms with E-state index in [9.17, 15) is 0 Å². The molecule has 6 nitrogen and oxygen atoms in total. The van der Waals surface area contributed by atoms with E-state index >= 15 is 0 Å². The van der Waals surface area contributed by atoms with Crippen LogP contribution in [0, 0.1) is 0 Å². The Kier molecular flexibility index (Phi) is 8.96. The number of nitrogens with one attached hydrogen (secondary N) is 2. The fraction of sp³-hybridized carbons (Fsp3) is 0.360. The third kappa shape index (κ3) is 5.82. The highest BCUT2D eigenvalue weighted by Crippen LogP contribution is 2.34. The molecule has 0 atom stereocenters. The molecule has 0 radical (unpaired) electrons. The van der Waals surface area contributed by atoms with Crippen LogP contribution in [0.3, 0.4) is 0 Å². The molecule has 1 saturated carbocycles. The number of methoxy groups -OCH3 is 1. The van der Waals surface area contributed by atoms with E-state index in [1.807, 2.05) is 42.6 Å². The SMILES string of the molecule is CN=C(NCc1cccc(OC)c1OC1CCCC1)NCc1ccnc2ccccc12.I. The Morgan fingerprint density at radius 2 is 1.75 bits per heavy atom. The maximum Gasteiger partial charge on any atom is 0.191 e. The summed E-state index contributed by atoms with van der Waals surface area (Å²) in [4.78, 5) is 8.81. The van der Waals surface area contributed by atoms with Gasteiger partial charge >= 0.3 is 0 Å². The molecule has 7 heteroatoms. The van der Waals surface area contributed by atoms with Crippen LogP contribution in [0.2, 0.25) is 0 Å². The second-order valence-electron chi connectivity index (χ2n) is 7.74. The molecular formula is C25H31IN4O2. The minimum Gasteiger partial charge on any atom is -0.493 e. The molecule has 0 bridgehead atoms. The van der Waals surface area contributed by atoms with Crippen LogP contribution < -0.4 is 20.1 Å². The van der Waals surface area contributed by atoms with Crippen molar-refractivity contribution in [3.8, 4) is 11.5 Å². The Morgan fingerprint density at radius 1 is 1.00 bits per heavy atom. The first-order valence-corrected chi connectivity index (χ1v) is 10.9. The topological polar surface area (TPSA) is 67.8 Å². The van der Waals surface area contributed by atoms with Crippen molar-refractivity contribution in [2.45, 2.75) is 44.9 Å². The summed E-state index contributed by atoms with van der Waals surface area (Å²) in [5.74, 6) is 2.34. The number of aromatic nitrogens is 1. The van der Waals surface area contributed by atoms with Gasteiger partial charge in [0.1, 0.15) is 0 Å². The molecule has 1 heterocycles. The van der Waals surface area contributed by atoms with E-state index in [-0.39, 0.29) is 30.1 Å². The number of hydrogen-bond donors (Lipinski definition) is 2. The summed E-state index contributed by atoms with van der Waals surface area (Å²) in [5.41, 5.74) is 3.23. The number of benzene rings is 2. The molecule has 4 rings (SSSR count). The molecule has 0 amide bonds. The molecule has 0 unspecified atom stereocenters. The van der Waals surface area contributed by atoms with Gasteiger partial charge in [-0.2, -0.15) is 0 Å². The van der Waals surface area contributed by atoms with Crippen molar-refractivity contribution in [3.63, 3.8) is 0 Å². The zero-order chi connectivity index (χ0) is 21.5. The van der Waals surface area contributed by atoms with Crippen LogP contribution in [0.1, 0.15) is 36.8 Å². The molecule has 3 aromatic rings. The number of ether oxygens (including phenoxy) is 2. The maximum atomic E-state index is 6.34. The van der Waals surface area contributed by atoms with Crippen LogP contribution in [0.25, 0.3) is 10.9 Å². The Balaban J connectivity index is 0.00000289. The monoisotopic (exact) mass is 546 g/mol. The number of guanidine groups is 1. The van der Waals surface area contributed by atoms with Gasteiger partial charge in [0, 0.05) is 37.3 Å². The molecule has 32 heavy (non-hydrogen) atoms. The van der Waals surface area contributed by atoms with Crippen LogP contribution in [-0.4, -0.2) is 31.2 Å². The zero-order valence-corrected chi connectivity index (χ0v) is 21.0. The van der Waals surface area contributed by atoms with Crippen molar-refractivity contribution >= 4 is 40.8 Å². The Labute approximate surface area is 206 Å². The third-order valence-corrected chi connectivity index (χ3v) is 5.72. The number of pyridine rings is 1. The average molecular weight is 546 g/mol. The zero-order valence-electron chi connectivity index (χ0n) is 18.6. The van der Waals surface area contributed by atoms with Gasteiger partial charge in [0.25, 0.3) is 0 Å². The van der Waals surface area contributed by atoms with Crippen molar-refractivity contribution < 1.29 is 9.47 Å².